The molecule has 6 nitrogen and oxygen atoms in total. The van der Waals surface area contributed by atoms with Gasteiger partial charge in [-0.15, -0.1) is 0 Å². The standard InChI is InChI=1S/C22H29N3O3S/c1-6-14(2)17-7-9-18(10-8-17)25-20(26)13-28-21(27)12-11-19-15(3)23-22(29-5)24-16(19)4/h7-10,14H,6,11-13H2,1-5H3,(H,25,26)/t14-/m1/s1. The first-order chi connectivity index (χ1) is 13.8. The second-order valence-electron chi connectivity index (χ2n) is 7.00. The predicted molar refractivity (Wildman–Crippen MR) is 116 cm³/mol. The van der Waals surface area contributed by atoms with Crippen molar-refractivity contribution in [2.45, 2.75) is 58.0 Å². The lowest BCUT2D eigenvalue weighted by Gasteiger charge is -2.11. The van der Waals surface area contributed by atoms with Crippen molar-refractivity contribution in [2.24, 2.45) is 0 Å². The van der Waals surface area contributed by atoms with Gasteiger partial charge in [-0.05, 0) is 62.1 Å². The summed E-state index contributed by atoms with van der Waals surface area (Å²) in [5.41, 5.74) is 4.61. The highest BCUT2D eigenvalue weighted by atomic mass is 32.2. The Hall–Kier alpha value is -2.41. The van der Waals surface area contributed by atoms with Gasteiger partial charge in [0.1, 0.15) is 0 Å². The van der Waals surface area contributed by atoms with Gasteiger partial charge in [0.25, 0.3) is 5.91 Å². The third-order valence-corrected chi connectivity index (χ3v) is 5.45. The Morgan fingerprint density at radius 3 is 2.31 bits per heavy atom. The quantitative estimate of drug-likeness (QED) is 0.370. The highest BCUT2D eigenvalue weighted by Crippen LogP contribution is 2.20. The number of anilines is 1. The largest absolute Gasteiger partial charge is 0.456 e. The molecule has 0 aliphatic rings. The van der Waals surface area contributed by atoms with Crippen LogP contribution in [0.25, 0.3) is 0 Å². The molecule has 0 radical (unpaired) electrons. The number of esters is 1. The van der Waals surface area contributed by atoms with Gasteiger partial charge in [0.15, 0.2) is 11.8 Å². The zero-order valence-electron chi connectivity index (χ0n) is 17.7. The lowest BCUT2D eigenvalue weighted by atomic mass is 9.99. The van der Waals surface area contributed by atoms with E-state index in [-0.39, 0.29) is 18.9 Å². The molecule has 0 aliphatic heterocycles. The van der Waals surface area contributed by atoms with E-state index in [0.717, 1.165) is 28.5 Å². The highest BCUT2D eigenvalue weighted by molar-refractivity contribution is 7.98. The van der Waals surface area contributed by atoms with E-state index in [1.165, 1.54) is 17.3 Å². The van der Waals surface area contributed by atoms with Gasteiger partial charge in [-0.25, -0.2) is 9.97 Å². The summed E-state index contributed by atoms with van der Waals surface area (Å²) in [7, 11) is 0. The van der Waals surface area contributed by atoms with Crippen LogP contribution in [0.5, 0.6) is 0 Å². The van der Waals surface area contributed by atoms with E-state index in [1.807, 2.05) is 44.4 Å². The Bertz CT molecular complexity index is 830. The molecule has 156 valence electrons. The normalized spacial score (nSPS) is 11.8. The van der Waals surface area contributed by atoms with Crippen LogP contribution < -0.4 is 5.32 Å². The first-order valence-electron chi connectivity index (χ1n) is 9.77. The van der Waals surface area contributed by atoms with Crippen molar-refractivity contribution in [2.75, 3.05) is 18.2 Å². The Morgan fingerprint density at radius 2 is 1.76 bits per heavy atom. The van der Waals surface area contributed by atoms with Crippen molar-refractivity contribution < 1.29 is 14.3 Å². The second kappa shape index (κ2) is 11.0. The Balaban J connectivity index is 1.80. The highest BCUT2D eigenvalue weighted by Gasteiger charge is 2.13. The summed E-state index contributed by atoms with van der Waals surface area (Å²) in [6.07, 6.45) is 3.66. The number of carbonyl (C=O) groups is 2. The summed E-state index contributed by atoms with van der Waals surface area (Å²) < 4.78 is 5.11. The minimum absolute atomic E-state index is 0.181. The van der Waals surface area contributed by atoms with E-state index in [1.54, 1.807) is 0 Å². The number of benzene rings is 1. The maximum Gasteiger partial charge on any atom is 0.306 e. The zero-order chi connectivity index (χ0) is 21.4. The minimum Gasteiger partial charge on any atom is -0.456 e. The van der Waals surface area contributed by atoms with Gasteiger partial charge >= 0.3 is 5.97 Å². The fourth-order valence-electron chi connectivity index (χ4n) is 2.93. The Labute approximate surface area is 176 Å². The maximum atomic E-state index is 12.0. The van der Waals surface area contributed by atoms with Crippen LogP contribution in [0.15, 0.2) is 29.4 Å². The molecule has 29 heavy (non-hydrogen) atoms. The topological polar surface area (TPSA) is 81.2 Å². The molecule has 1 atom stereocenters. The van der Waals surface area contributed by atoms with Crippen LogP contribution in [-0.2, 0) is 20.7 Å². The lowest BCUT2D eigenvalue weighted by molar-refractivity contribution is -0.147. The predicted octanol–water partition coefficient (Wildman–Crippen LogP) is 4.44. The number of rotatable bonds is 9. The number of hydrogen-bond donors (Lipinski definition) is 1. The maximum absolute atomic E-state index is 12.0. The number of carbonyl (C=O) groups excluding carboxylic acids is 2. The number of nitrogens with zero attached hydrogens (tertiary/aromatic N) is 2. The number of aryl methyl sites for hydroxylation is 2. The van der Waals surface area contributed by atoms with Crippen molar-refractivity contribution in [1.29, 1.82) is 0 Å². The number of amides is 1. The number of ether oxygens (including phenoxy) is 1. The van der Waals surface area contributed by atoms with Crippen LogP contribution in [-0.4, -0.2) is 34.7 Å². The summed E-state index contributed by atoms with van der Waals surface area (Å²) >= 11 is 1.49. The first-order valence-corrected chi connectivity index (χ1v) is 11.0. The van der Waals surface area contributed by atoms with Crippen LogP contribution in [0.1, 0.15) is 55.1 Å². The van der Waals surface area contributed by atoms with Crippen molar-refractivity contribution in [3.05, 3.63) is 46.8 Å². The lowest BCUT2D eigenvalue weighted by Crippen LogP contribution is -2.21. The summed E-state index contributed by atoms with van der Waals surface area (Å²) in [6.45, 7) is 7.83. The Kier molecular flexibility index (Phi) is 8.64. The molecule has 2 rings (SSSR count). The van der Waals surface area contributed by atoms with Gasteiger partial charge in [0.05, 0.1) is 0 Å². The molecule has 1 amide bonds. The Morgan fingerprint density at radius 1 is 1.14 bits per heavy atom. The van der Waals surface area contributed by atoms with Crippen molar-refractivity contribution >= 4 is 29.3 Å². The van der Waals surface area contributed by atoms with Crippen LogP contribution in [0, 0.1) is 13.8 Å². The third-order valence-electron chi connectivity index (χ3n) is 4.90. The summed E-state index contributed by atoms with van der Waals surface area (Å²) in [5.74, 6) is -0.287. The molecular weight excluding hydrogens is 386 g/mol. The molecule has 2 aromatic rings. The first kappa shape index (κ1) is 22.9. The monoisotopic (exact) mass is 415 g/mol. The van der Waals surface area contributed by atoms with E-state index in [2.05, 4.69) is 29.1 Å². The van der Waals surface area contributed by atoms with Gasteiger partial charge < -0.3 is 10.1 Å². The molecule has 1 aromatic heterocycles. The summed E-state index contributed by atoms with van der Waals surface area (Å²) in [4.78, 5) is 32.9. The molecule has 0 saturated carbocycles. The van der Waals surface area contributed by atoms with Gasteiger partial charge in [-0.3, -0.25) is 9.59 Å². The van der Waals surface area contributed by atoms with Gasteiger partial charge in [0.2, 0.25) is 0 Å². The van der Waals surface area contributed by atoms with Crippen LogP contribution in [0.2, 0.25) is 0 Å². The van der Waals surface area contributed by atoms with E-state index in [4.69, 9.17) is 4.74 Å². The molecular formula is C22H29N3O3S. The van der Waals surface area contributed by atoms with Crippen molar-refractivity contribution in [3.8, 4) is 0 Å². The second-order valence-corrected chi connectivity index (χ2v) is 7.77. The van der Waals surface area contributed by atoms with E-state index in [0.29, 0.717) is 18.0 Å². The number of aromatic nitrogens is 2. The fourth-order valence-corrected chi connectivity index (χ4v) is 3.39. The number of nitrogens with one attached hydrogen (secondary N) is 1. The molecule has 0 fully saturated rings. The van der Waals surface area contributed by atoms with E-state index < -0.39 is 5.97 Å². The molecule has 0 saturated heterocycles. The minimum atomic E-state index is -0.417. The van der Waals surface area contributed by atoms with Crippen LogP contribution in [0.4, 0.5) is 5.69 Å². The molecule has 1 aromatic carbocycles. The molecule has 0 spiro atoms. The van der Waals surface area contributed by atoms with E-state index in [9.17, 15) is 9.59 Å². The fraction of sp³-hybridized carbons (Fsp3) is 0.455. The summed E-state index contributed by atoms with van der Waals surface area (Å²) in [6, 6.07) is 7.74. The van der Waals surface area contributed by atoms with Crippen LogP contribution in [0.3, 0.4) is 0 Å². The van der Waals surface area contributed by atoms with Crippen molar-refractivity contribution in [3.63, 3.8) is 0 Å². The zero-order valence-corrected chi connectivity index (χ0v) is 18.6. The average Bonchev–Trinajstić information content (AvgIpc) is 2.71. The summed E-state index contributed by atoms with van der Waals surface area (Å²) in [5, 5.41) is 3.47. The molecule has 0 aliphatic carbocycles. The molecule has 0 bridgehead atoms. The van der Waals surface area contributed by atoms with Crippen LogP contribution >= 0.6 is 11.8 Å². The van der Waals surface area contributed by atoms with Gasteiger partial charge in [0, 0.05) is 23.5 Å². The van der Waals surface area contributed by atoms with Crippen molar-refractivity contribution in [1.82, 2.24) is 9.97 Å². The van der Waals surface area contributed by atoms with Gasteiger partial charge in [-0.2, -0.15) is 0 Å². The van der Waals surface area contributed by atoms with E-state index >= 15 is 0 Å². The molecule has 1 N–H and O–H groups in total. The number of hydrogen-bond acceptors (Lipinski definition) is 6. The average molecular weight is 416 g/mol. The number of thioether (sulfide) groups is 1. The SMILES string of the molecule is CC[C@@H](C)c1ccc(NC(=O)COC(=O)CCc2c(C)nc(SC)nc2C)cc1. The molecule has 0 unspecified atom stereocenters. The third kappa shape index (κ3) is 6.85. The molecule has 1 heterocycles. The smallest absolute Gasteiger partial charge is 0.306 e. The van der Waals surface area contributed by atoms with Gasteiger partial charge in [-0.1, -0.05) is 37.7 Å². The molecule has 7 heteroatoms.